The maximum Gasteiger partial charge on any atom is 0.252 e. The van der Waals surface area contributed by atoms with Crippen molar-refractivity contribution in [1.82, 2.24) is 4.31 Å². The molecule has 98 valence electrons. The largest absolute Gasteiger partial charge is 0.398 e. The van der Waals surface area contributed by atoms with Crippen LogP contribution in [0.2, 0.25) is 0 Å². The Morgan fingerprint density at radius 1 is 1.53 bits per heavy atom. The first-order chi connectivity index (χ1) is 7.89. The van der Waals surface area contributed by atoms with Crippen LogP contribution in [-0.2, 0) is 10.0 Å². The number of nitrogens with zero attached hydrogens (tertiary/aromatic N) is 1. The summed E-state index contributed by atoms with van der Waals surface area (Å²) in [6.45, 7) is 3.91. The first kappa shape index (κ1) is 14.4. The molecule has 0 radical (unpaired) electrons. The molecule has 1 aromatic rings. The monoisotopic (exact) mass is 278 g/mol. The van der Waals surface area contributed by atoms with Gasteiger partial charge in [0, 0.05) is 30.3 Å². The molecule has 3 N–H and O–H groups in total. The van der Waals surface area contributed by atoms with Crippen LogP contribution in [0.3, 0.4) is 0 Å². The van der Waals surface area contributed by atoms with Crippen LogP contribution >= 0.6 is 11.3 Å². The van der Waals surface area contributed by atoms with Crippen LogP contribution in [-0.4, -0.2) is 37.0 Å². The lowest BCUT2D eigenvalue weighted by Crippen LogP contribution is -2.37. The van der Waals surface area contributed by atoms with Crippen LogP contribution in [0.15, 0.2) is 15.7 Å². The fourth-order valence-corrected chi connectivity index (χ4v) is 4.35. The van der Waals surface area contributed by atoms with Crippen LogP contribution in [0, 0.1) is 0 Å². The molecule has 1 aromatic heterocycles. The van der Waals surface area contributed by atoms with Gasteiger partial charge in [-0.15, -0.1) is 11.3 Å². The van der Waals surface area contributed by atoms with Crippen LogP contribution in [0.1, 0.15) is 20.3 Å². The molecule has 0 bridgehead atoms. The second kappa shape index (κ2) is 5.81. The number of hydrogen-bond donors (Lipinski definition) is 2. The zero-order chi connectivity index (χ0) is 13.1. The molecular formula is C10H18N2O3S2. The molecule has 0 fully saturated rings. The number of rotatable bonds is 6. The molecule has 0 atom stereocenters. The Balaban J connectivity index is 3.00. The van der Waals surface area contributed by atoms with Crippen molar-refractivity contribution in [2.24, 2.45) is 0 Å². The second-order valence-corrected chi connectivity index (χ2v) is 7.01. The number of sulfonamides is 1. The maximum absolute atomic E-state index is 12.3. The van der Waals surface area contributed by atoms with Gasteiger partial charge < -0.3 is 10.8 Å². The third kappa shape index (κ3) is 3.41. The van der Waals surface area contributed by atoms with Crippen LogP contribution in [0.4, 0.5) is 5.69 Å². The van der Waals surface area contributed by atoms with Gasteiger partial charge in [0.05, 0.1) is 0 Å². The van der Waals surface area contributed by atoms with Gasteiger partial charge in [0.25, 0.3) is 10.0 Å². The molecule has 0 aliphatic heterocycles. The minimum atomic E-state index is -3.49. The number of thiophene rings is 1. The van der Waals surface area contributed by atoms with Gasteiger partial charge in [-0.3, -0.25) is 0 Å². The Labute approximate surface area is 106 Å². The van der Waals surface area contributed by atoms with E-state index in [9.17, 15) is 8.42 Å². The fraction of sp³-hybridized carbons (Fsp3) is 0.600. The first-order valence-corrected chi connectivity index (χ1v) is 7.68. The van der Waals surface area contributed by atoms with Crippen molar-refractivity contribution in [2.45, 2.75) is 30.5 Å². The molecule has 0 unspecified atom stereocenters. The Morgan fingerprint density at radius 2 is 2.18 bits per heavy atom. The Hall–Kier alpha value is -0.630. The first-order valence-electron chi connectivity index (χ1n) is 5.36. The number of nitrogen functional groups attached to an aromatic ring is 1. The summed E-state index contributed by atoms with van der Waals surface area (Å²) in [4.78, 5) is 0. The van der Waals surface area contributed by atoms with Crippen LogP contribution < -0.4 is 5.73 Å². The van der Waals surface area contributed by atoms with E-state index in [1.165, 1.54) is 10.4 Å². The van der Waals surface area contributed by atoms with Crippen LogP contribution in [0.5, 0.6) is 0 Å². The summed E-state index contributed by atoms with van der Waals surface area (Å²) < 4.78 is 26.2. The van der Waals surface area contributed by atoms with E-state index < -0.39 is 10.0 Å². The van der Waals surface area contributed by atoms with Crippen molar-refractivity contribution in [2.75, 3.05) is 18.9 Å². The standard InChI is InChI=1S/C10H18N2O3S2/c1-8(2)12(4-3-5-13)17(14,15)10-6-9(11)7-16-10/h6-8,13H,3-5,11H2,1-2H3. The van der Waals surface area contributed by atoms with Gasteiger partial charge in [-0.25, -0.2) is 8.42 Å². The molecule has 0 spiro atoms. The van der Waals surface area contributed by atoms with Crippen molar-refractivity contribution in [1.29, 1.82) is 0 Å². The highest BCUT2D eigenvalue weighted by molar-refractivity contribution is 7.91. The minimum absolute atomic E-state index is 0.0225. The minimum Gasteiger partial charge on any atom is -0.398 e. The van der Waals surface area contributed by atoms with Crippen molar-refractivity contribution >= 4 is 27.0 Å². The molecular weight excluding hydrogens is 260 g/mol. The van der Waals surface area contributed by atoms with Crippen molar-refractivity contribution < 1.29 is 13.5 Å². The molecule has 0 aliphatic rings. The van der Waals surface area contributed by atoms with E-state index in [2.05, 4.69) is 0 Å². The number of aliphatic hydroxyl groups is 1. The fourth-order valence-electron chi connectivity index (χ4n) is 1.46. The van der Waals surface area contributed by atoms with Crippen molar-refractivity contribution in [3.05, 3.63) is 11.4 Å². The Morgan fingerprint density at radius 3 is 2.59 bits per heavy atom. The molecule has 0 saturated heterocycles. The highest BCUT2D eigenvalue weighted by Crippen LogP contribution is 2.26. The van der Waals surface area contributed by atoms with Crippen molar-refractivity contribution in [3.63, 3.8) is 0 Å². The lowest BCUT2D eigenvalue weighted by Gasteiger charge is -2.24. The van der Waals surface area contributed by atoms with Gasteiger partial charge in [-0.2, -0.15) is 4.31 Å². The maximum atomic E-state index is 12.3. The third-order valence-corrected chi connectivity index (χ3v) is 5.78. The summed E-state index contributed by atoms with van der Waals surface area (Å²) in [6, 6.07) is 1.32. The van der Waals surface area contributed by atoms with Gasteiger partial charge in [0.2, 0.25) is 0 Å². The lowest BCUT2D eigenvalue weighted by molar-refractivity contribution is 0.258. The summed E-state index contributed by atoms with van der Waals surface area (Å²) in [5.41, 5.74) is 6.00. The predicted octanol–water partition coefficient (Wildman–Crippen LogP) is 1.11. The number of aliphatic hydroxyl groups excluding tert-OH is 1. The normalized spacial score (nSPS) is 12.5. The topological polar surface area (TPSA) is 83.6 Å². The SMILES string of the molecule is CC(C)N(CCCO)S(=O)(=O)c1cc(N)cs1. The number of anilines is 1. The molecule has 5 nitrogen and oxygen atoms in total. The van der Waals surface area contributed by atoms with Crippen molar-refractivity contribution in [3.8, 4) is 0 Å². The average molecular weight is 278 g/mol. The highest BCUT2D eigenvalue weighted by atomic mass is 32.2. The second-order valence-electron chi connectivity index (χ2n) is 3.99. The van der Waals surface area contributed by atoms with E-state index in [1.807, 2.05) is 13.8 Å². The van der Waals surface area contributed by atoms with Gasteiger partial charge in [-0.1, -0.05) is 0 Å². The summed E-state index contributed by atoms with van der Waals surface area (Å²) in [5.74, 6) is 0. The van der Waals surface area contributed by atoms with E-state index >= 15 is 0 Å². The summed E-state index contributed by atoms with van der Waals surface area (Å²) in [7, 11) is -3.49. The summed E-state index contributed by atoms with van der Waals surface area (Å²) >= 11 is 1.12. The molecule has 0 saturated carbocycles. The average Bonchev–Trinajstić information content (AvgIpc) is 2.65. The van der Waals surface area contributed by atoms with E-state index in [1.54, 1.807) is 5.38 Å². The Kier molecular flexibility index (Phi) is 4.93. The van der Waals surface area contributed by atoms with E-state index in [0.717, 1.165) is 11.3 Å². The zero-order valence-electron chi connectivity index (χ0n) is 9.96. The van der Waals surface area contributed by atoms with Gasteiger partial charge in [0.1, 0.15) is 4.21 Å². The van der Waals surface area contributed by atoms with E-state index in [4.69, 9.17) is 10.8 Å². The molecule has 1 heterocycles. The predicted molar refractivity (Wildman–Crippen MR) is 69.5 cm³/mol. The van der Waals surface area contributed by atoms with Crippen LogP contribution in [0.25, 0.3) is 0 Å². The summed E-state index contributed by atoms with van der Waals surface area (Å²) in [6.07, 6.45) is 0.429. The molecule has 0 amide bonds. The lowest BCUT2D eigenvalue weighted by atomic mass is 10.3. The summed E-state index contributed by atoms with van der Waals surface area (Å²) in [5, 5.41) is 10.4. The van der Waals surface area contributed by atoms with Gasteiger partial charge in [0.15, 0.2) is 0 Å². The smallest absolute Gasteiger partial charge is 0.252 e. The quantitative estimate of drug-likeness (QED) is 0.816. The molecule has 1 rings (SSSR count). The Bertz CT molecular complexity index is 454. The molecule has 7 heteroatoms. The zero-order valence-corrected chi connectivity index (χ0v) is 11.6. The number of hydrogen-bond acceptors (Lipinski definition) is 5. The molecule has 0 aliphatic carbocycles. The third-order valence-electron chi connectivity index (χ3n) is 2.27. The highest BCUT2D eigenvalue weighted by Gasteiger charge is 2.27. The molecule has 17 heavy (non-hydrogen) atoms. The van der Waals surface area contributed by atoms with E-state index in [-0.39, 0.29) is 16.9 Å². The molecule has 0 aromatic carbocycles. The van der Waals surface area contributed by atoms with E-state index in [0.29, 0.717) is 18.7 Å². The van der Waals surface area contributed by atoms with Gasteiger partial charge in [-0.05, 0) is 26.3 Å². The number of nitrogens with two attached hydrogens (primary N) is 1. The van der Waals surface area contributed by atoms with Gasteiger partial charge >= 0.3 is 0 Å².